The molecule has 0 aromatic heterocycles. The number of hydrogen-bond donors (Lipinski definition) is 3. The van der Waals surface area contributed by atoms with E-state index in [4.69, 9.17) is 33.3 Å². The van der Waals surface area contributed by atoms with Crippen molar-refractivity contribution in [1.29, 1.82) is 0 Å². The van der Waals surface area contributed by atoms with Crippen LogP contribution in [0.25, 0.3) is 0 Å². The van der Waals surface area contributed by atoms with Crippen LogP contribution in [0.1, 0.15) is 101 Å². The molecule has 0 heterocycles. The van der Waals surface area contributed by atoms with E-state index in [1.54, 1.807) is 0 Å². The molecule has 0 aromatic rings. The van der Waals surface area contributed by atoms with Crippen molar-refractivity contribution in [3.8, 4) is 0 Å². The van der Waals surface area contributed by atoms with E-state index in [-0.39, 0.29) is 17.7 Å². The van der Waals surface area contributed by atoms with Crippen LogP contribution >= 0.6 is 0 Å². The summed E-state index contributed by atoms with van der Waals surface area (Å²) in [6, 6.07) is 1.06. The van der Waals surface area contributed by atoms with Gasteiger partial charge in [0, 0.05) is 18.8 Å². The van der Waals surface area contributed by atoms with Crippen LogP contribution in [0.3, 0.4) is 0 Å². The van der Waals surface area contributed by atoms with Crippen LogP contribution in [0.15, 0.2) is 0 Å². The Morgan fingerprint density at radius 2 is 1.49 bits per heavy atom. The molecular formula is C25H60N2O8SSi3. The number of rotatable bonds is 23. The topological polar surface area (TPSA) is 153 Å². The van der Waals surface area contributed by atoms with Crippen molar-refractivity contribution in [2.45, 2.75) is 135 Å². The minimum absolute atomic E-state index is 0.168. The summed E-state index contributed by atoms with van der Waals surface area (Å²) in [5.74, 6) is -0.346. The van der Waals surface area contributed by atoms with Gasteiger partial charge in [-0.15, -0.1) is 0 Å². The molecule has 0 aliphatic heterocycles. The molecule has 0 bridgehead atoms. The molecule has 0 aromatic carbocycles. The lowest BCUT2D eigenvalue weighted by Crippen LogP contribution is -2.68. The molecule has 5 N–H and O–H groups in total. The summed E-state index contributed by atoms with van der Waals surface area (Å²) in [5.41, 5.74) is 4.57. The van der Waals surface area contributed by atoms with Gasteiger partial charge in [0.25, 0.3) is 10.1 Å². The van der Waals surface area contributed by atoms with Crippen molar-refractivity contribution in [3.63, 3.8) is 0 Å². The molecule has 4 unspecified atom stereocenters. The molecule has 236 valence electrons. The van der Waals surface area contributed by atoms with E-state index in [0.29, 0.717) is 44.7 Å². The van der Waals surface area contributed by atoms with Crippen LogP contribution in [0.5, 0.6) is 0 Å². The highest BCUT2D eigenvalue weighted by molar-refractivity contribution is 7.85. The maximum atomic E-state index is 11.7. The van der Waals surface area contributed by atoms with E-state index in [1.165, 1.54) is 0 Å². The molecule has 39 heavy (non-hydrogen) atoms. The maximum absolute atomic E-state index is 11.7. The summed E-state index contributed by atoms with van der Waals surface area (Å²) >= 11 is 0. The normalized spacial score (nSPS) is 19.1. The molecular weight excluding hydrogens is 573 g/mol. The Kier molecular flexibility index (Phi) is 16.9. The third-order valence-electron chi connectivity index (χ3n) is 7.84. The molecule has 4 atom stereocenters. The van der Waals surface area contributed by atoms with E-state index in [0.717, 1.165) is 12.8 Å². The van der Waals surface area contributed by atoms with Gasteiger partial charge in [-0.05, 0) is 99.2 Å². The zero-order chi connectivity index (χ0) is 30.6. The predicted octanol–water partition coefficient (Wildman–Crippen LogP) is 4.03. The lowest BCUT2D eigenvalue weighted by molar-refractivity contribution is -0.0323. The highest BCUT2D eigenvalue weighted by Crippen LogP contribution is 2.49. The average molecular weight is 633 g/mol. The SMILES string of the molecule is CCO[Si](CCCS(=O)(=O)O)(OC(C)(C)CC)C(CC)C(C)(CC)O[Si](CCCN)(OCC)C(C)(C)O[SiH2]N. The molecule has 14 heteroatoms. The molecule has 0 fully saturated rings. The third kappa shape index (κ3) is 11.5. The Labute approximate surface area is 243 Å². The Hall–Kier alpha value is 0.281. The summed E-state index contributed by atoms with van der Waals surface area (Å²) in [7, 11) is -11.7. The van der Waals surface area contributed by atoms with Gasteiger partial charge in [0.1, 0.15) is 0 Å². The Bertz CT molecular complexity index is 808. The van der Waals surface area contributed by atoms with Gasteiger partial charge in [0.15, 0.2) is 0 Å². The zero-order valence-electron chi connectivity index (χ0n) is 26.4. The summed E-state index contributed by atoms with van der Waals surface area (Å²) < 4.78 is 66.6. The van der Waals surface area contributed by atoms with Crippen LogP contribution in [0.4, 0.5) is 0 Å². The van der Waals surface area contributed by atoms with Gasteiger partial charge in [-0.25, -0.2) is 0 Å². The van der Waals surface area contributed by atoms with Gasteiger partial charge in [0.05, 0.1) is 22.2 Å². The van der Waals surface area contributed by atoms with Crippen LogP contribution in [0, 0.1) is 0 Å². The Morgan fingerprint density at radius 1 is 0.897 bits per heavy atom. The van der Waals surface area contributed by atoms with Gasteiger partial charge in [-0.1, -0.05) is 20.8 Å². The van der Waals surface area contributed by atoms with Gasteiger partial charge in [-0.3, -0.25) is 4.55 Å². The molecule has 0 radical (unpaired) electrons. The smallest absolute Gasteiger partial charge is 0.369 e. The van der Waals surface area contributed by atoms with Gasteiger partial charge in [-0.2, -0.15) is 8.42 Å². The second-order valence-corrected chi connectivity index (χ2v) is 20.7. The number of nitrogens with two attached hydrogens (primary N) is 2. The van der Waals surface area contributed by atoms with Crippen molar-refractivity contribution in [3.05, 3.63) is 0 Å². The minimum Gasteiger partial charge on any atom is -0.401 e. The van der Waals surface area contributed by atoms with Crippen molar-refractivity contribution in [1.82, 2.24) is 0 Å². The first-order chi connectivity index (χ1) is 17.9. The first kappa shape index (κ1) is 39.3. The molecule has 0 aliphatic carbocycles. The third-order valence-corrected chi connectivity index (χ3v) is 19.2. The summed E-state index contributed by atoms with van der Waals surface area (Å²) in [6.45, 7) is 21.8. The summed E-state index contributed by atoms with van der Waals surface area (Å²) in [4.78, 5) is 0. The molecule has 10 nitrogen and oxygen atoms in total. The van der Waals surface area contributed by atoms with E-state index >= 15 is 0 Å². The van der Waals surface area contributed by atoms with Crippen LogP contribution < -0.4 is 11.1 Å². The highest BCUT2D eigenvalue weighted by atomic mass is 32.2. The number of hydrogen-bond acceptors (Lipinski definition) is 9. The van der Waals surface area contributed by atoms with Gasteiger partial charge < -0.3 is 33.3 Å². The van der Waals surface area contributed by atoms with E-state index in [1.807, 2.05) is 41.5 Å². The quantitative estimate of drug-likeness (QED) is 0.111. The van der Waals surface area contributed by atoms with E-state index in [2.05, 4.69) is 27.7 Å². The summed E-state index contributed by atoms with van der Waals surface area (Å²) in [6.07, 6.45) is 3.06. The molecule has 0 rings (SSSR count). The van der Waals surface area contributed by atoms with Crippen LogP contribution in [-0.2, 0) is 32.2 Å². The van der Waals surface area contributed by atoms with Gasteiger partial charge >= 0.3 is 17.1 Å². The van der Waals surface area contributed by atoms with Crippen molar-refractivity contribution < 1.29 is 35.1 Å². The Morgan fingerprint density at radius 3 is 1.90 bits per heavy atom. The fraction of sp³-hybridized carbons (Fsp3) is 1.00. The highest BCUT2D eigenvalue weighted by Gasteiger charge is 2.61. The van der Waals surface area contributed by atoms with E-state index in [9.17, 15) is 13.0 Å². The van der Waals surface area contributed by atoms with Crippen molar-refractivity contribution in [2.75, 3.05) is 25.5 Å². The largest absolute Gasteiger partial charge is 0.401 e. The minimum atomic E-state index is -4.13. The second kappa shape index (κ2) is 16.8. The first-order valence-corrected chi connectivity index (χ1v) is 21.7. The lowest BCUT2D eigenvalue weighted by Gasteiger charge is -2.54. The predicted molar refractivity (Wildman–Crippen MR) is 166 cm³/mol. The average Bonchev–Trinajstić information content (AvgIpc) is 2.82. The molecule has 0 spiro atoms. The van der Waals surface area contributed by atoms with Crippen molar-refractivity contribution in [2.24, 2.45) is 11.1 Å². The fourth-order valence-electron chi connectivity index (χ4n) is 5.39. The summed E-state index contributed by atoms with van der Waals surface area (Å²) in [5, 5.41) is 5.29. The van der Waals surface area contributed by atoms with Crippen LogP contribution in [-0.4, -0.2) is 82.0 Å². The monoisotopic (exact) mass is 632 g/mol. The molecule has 0 aliphatic rings. The lowest BCUT2D eigenvalue weighted by atomic mass is 9.97. The fourth-order valence-corrected chi connectivity index (χ4v) is 16.6. The first-order valence-electron chi connectivity index (χ1n) is 14.6. The van der Waals surface area contributed by atoms with Crippen molar-refractivity contribution >= 4 is 37.2 Å². The van der Waals surface area contributed by atoms with E-state index < -0.39 is 53.6 Å². The molecule has 0 amide bonds. The Balaban J connectivity index is 7.10. The van der Waals surface area contributed by atoms with Crippen LogP contribution in [0.2, 0.25) is 17.6 Å². The molecule has 0 saturated carbocycles. The molecule has 0 saturated heterocycles. The zero-order valence-corrected chi connectivity index (χ0v) is 30.7. The van der Waals surface area contributed by atoms with Gasteiger partial charge in [0.2, 0.25) is 9.92 Å². The second-order valence-electron chi connectivity index (χ2n) is 11.5. The maximum Gasteiger partial charge on any atom is 0.369 e. The standard InChI is InChI=1S/C25H60N2O8SSi3/c1-11-22(38(31-14-4,34-23(6,7)12-2)20-17-19-36(28,29)30)25(10,13-3)35-39(32-15-5,21-16-18-26)24(8,9)33-37-27/h22H,11-21,26-27,37H2,1-10H3,(H,28,29,30).